The summed E-state index contributed by atoms with van der Waals surface area (Å²) < 4.78 is 5.45. The summed E-state index contributed by atoms with van der Waals surface area (Å²) in [4.78, 5) is 35.0. The lowest BCUT2D eigenvalue weighted by molar-refractivity contribution is -0.144. The van der Waals surface area contributed by atoms with Gasteiger partial charge >= 0.3 is 0 Å². The van der Waals surface area contributed by atoms with Gasteiger partial charge in [-0.2, -0.15) is 0 Å². The van der Waals surface area contributed by atoms with Gasteiger partial charge in [-0.1, -0.05) is 12.8 Å². The minimum absolute atomic E-state index is 0.0452. The quantitative estimate of drug-likeness (QED) is 0.799. The molecule has 2 amide bonds. The van der Waals surface area contributed by atoms with E-state index in [-0.39, 0.29) is 29.7 Å². The molecule has 0 aromatic carbocycles. The second-order valence-corrected chi connectivity index (χ2v) is 9.16. The Morgan fingerprint density at radius 1 is 1.06 bits per heavy atom. The maximum atomic E-state index is 13.2. The van der Waals surface area contributed by atoms with Crippen molar-refractivity contribution in [2.45, 2.75) is 57.5 Å². The van der Waals surface area contributed by atoms with Gasteiger partial charge in [0.2, 0.25) is 11.8 Å². The lowest BCUT2D eigenvalue weighted by Gasteiger charge is -2.44. The number of pyridine rings is 1. The van der Waals surface area contributed by atoms with Gasteiger partial charge in [0.25, 0.3) is 0 Å². The van der Waals surface area contributed by atoms with Crippen LogP contribution in [0.4, 0.5) is 0 Å². The van der Waals surface area contributed by atoms with E-state index in [4.69, 9.17) is 4.74 Å². The fourth-order valence-corrected chi connectivity index (χ4v) is 5.23. The van der Waals surface area contributed by atoms with Crippen LogP contribution < -0.4 is 5.32 Å². The largest absolute Gasteiger partial charge is 0.381 e. The SMILES string of the molecule is O=C1NCCCCCCN(Cc2ccncc2)[C@@H]2CN(C(=O)C3CCOCC3)CC[C@@H]12. The van der Waals surface area contributed by atoms with E-state index in [9.17, 15) is 9.59 Å². The molecule has 1 aromatic heterocycles. The van der Waals surface area contributed by atoms with Gasteiger partial charge in [0, 0.05) is 63.7 Å². The van der Waals surface area contributed by atoms with Crippen molar-refractivity contribution in [1.29, 1.82) is 0 Å². The first kappa shape index (κ1) is 22.2. The van der Waals surface area contributed by atoms with Crippen LogP contribution in [-0.2, 0) is 20.9 Å². The van der Waals surface area contributed by atoms with E-state index in [0.717, 1.165) is 58.2 Å². The molecule has 4 heterocycles. The monoisotopic (exact) mass is 428 g/mol. The first-order valence-electron chi connectivity index (χ1n) is 12.0. The Morgan fingerprint density at radius 2 is 1.84 bits per heavy atom. The lowest BCUT2D eigenvalue weighted by atomic mass is 9.87. The number of nitrogens with one attached hydrogen (secondary N) is 1. The maximum absolute atomic E-state index is 13.2. The molecule has 0 bridgehead atoms. The van der Waals surface area contributed by atoms with Gasteiger partial charge in [0.05, 0.1) is 5.92 Å². The van der Waals surface area contributed by atoms with Gasteiger partial charge in [-0.05, 0) is 56.3 Å². The molecule has 0 aliphatic carbocycles. The summed E-state index contributed by atoms with van der Waals surface area (Å²) in [5, 5.41) is 3.18. The van der Waals surface area contributed by atoms with Crippen molar-refractivity contribution in [1.82, 2.24) is 20.1 Å². The Kier molecular flexibility index (Phi) is 7.92. The molecular formula is C24H36N4O3. The number of aromatic nitrogens is 1. The van der Waals surface area contributed by atoms with Crippen LogP contribution >= 0.6 is 0 Å². The summed E-state index contributed by atoms with van der Waals surface area (Å²) in [5.74, 6) is 0.402. The van der Waals surface area contributed by atoms with Gasteiger partial charge in [0.15, 0.2) is 0 Å². The molecule has 1 N–H and O–H groups in total. The fraction of sp³-hybridized carbons (Fsp3) is 0.708. The predicted molar refractivity (Wildman–Crippen MR) is 118 cm³/mol. The Balaban J connectivity index is 1.54. The smallest absolute Gasteiger partial charge is 0.225 e. The molecule has 0 saturated carbocycles. The second-order valence-electron chi connectivity index (χ2n) is 9.16. The Morgan fingerprint density at radius 3 is 2.65 bits per heavy atom. The molecular weight excluding hydrogens is 392 g/mol. The molecule has 3 fully saturated rings. The molecule has 3 aliphatic rings. The predicted octanol–water partition coefficient (Wildman–Crippen LogP) is 2.22. The topological polar surface area (TPSA) is 74.8 Å². The summed E-state index contributed by atoms with van der Waals surface area (Å²) in [5.41, 5.74) is 1.21. The standard InChI is InChI=1S/C24H36N4O3/c29-23-21-7-14-28(24(30)20-8-15-31-16-9-20)18-22(21)27(13-4-2-1-3-10-26-23)17-19-5-11-25-12-6-19/h5-6,11-12,20-22H,1-4,7-10,13-18H2,(H,26,29)/t21-,22-/m1/s1. The van der Waals surface area contributed by atoms with E-state index >= 15 is 0 Å². The van der Waals surface area contributed by atoms with Crippen LogP contribution in [-0.4, -0.2) is 72.0 Å². The van der Waals surface area contributed by atoms with Crippen molar-refractivity contribution in [3.05, 3.63) is 30.1 Å². The van der Waals surface area contributed by atoms with E-state index in [1.165, 1.54) is 12.0 Å². The highest BCUT2D eigenvalue weighted by molar-refractivity contribution is 5.82. The molecule has 0 spiro atoms. The van der Waals surface area contributed by atoms with Gasteiger partial charge < -0.3 is 15.0 Å². The van der Waals surface area contributed by atoms with E-state index in [0.29, 0.717) is 26.3 Å². The van der Waals surface area contributed by atoms with Crippen molar-refractivity contribution in [2.24, 2.45) is 11.8 Å². The van der Waals surface area contributed by atoms with Gasteiger partial charge in [-0.15, -0.1) is 0 Å². The molecule has 7 nitrogen and oxygen atoms in total. The summed E-state index contributed by atoms with van der Waals surface area (Å²) in [7, 11) is 0. The number of nitrogens with zero attached hydrogens (tertiary/aromatic N) is 3. The number of carbonyl (C=O) groups is 2. The third-order valence-electron chi connectivity index (χ3n) is 7.08. The number of ether oxygens (including phenoxy) is 1. The summed E-state index contributed by atoms with van der Waals surface area (Å²) in [6.07, 6.45) is 10.5. The minimum Gasteiger partial charge on any atom is -0.381 e. The molecule has 0 radical (unpaired) electrons. The van der Waals surface area contributed by atoms with Gasteiger partial charge in [-0.25, -0.2) is 0 Å². The van der Waals surface area contributed by atoms with Crippen molar-refractivity contribution in [3.8, 4) is 0 Å². The van der Waals surface area contributed by atoms with Crippen molar-refractivity contribution < 1.29 is 14.3 Å². The number of likely N-dealkylation sites (tertiary alicyclic amines) is 1. The first-order chi connectivity index (χ1) is 15.2. The van der Waals surface area contributed by atoms with Gasteiger partial charge in [0.1, 0.15) is 0 Å². The molecule has 3 aliphatic heterocycles. The van der Waals surface area contributed by atoms with Crippen LogP contribution in [0.2, 0.25) is 0 Å². The number of hydrogen-bond acceptors (Lipinski definition) is 5. The average Bonchev–Trinajstić information content (AvgIpc) is 2.85. The highest BCUT2D eigenvalue weighted by Gasteiger charge is 2.40. The number of carbonyl (C=O) groups excluding carboxylic acids is 2. The van der Waals surface area contributed by atoms with E-state index in [2.05, 4.69) is 15.2 Å². The Labute approximate surface area is 185 Å². The number of piperidine rings is 1. The molecule has 2 atom stereocenters. The second kappa shape index (κ2) is 11.0. The normalized spacial score (nSPS) is 27.1. The van der Waals surface area contributed by atoms with Crippen molar-refractivity contribution in [3.63, 3.8) is 0 Å². The fourth-order valence-electron chi connectivity index (χ4n) is 5.23. The number of amides is 2. The Bertz CT molecular complexity index is 723. The minimum atomic E-state index is -0.0707. The molecule has 0 unspecified atom stereocenters. The molecule has 170 valence electrons. The van der Waals surface area contributed by atoms with Crippen molar-refractivity contribution >= 4 is 11.8 Å². The zero-order valence-electron chi connectivity index (χ0n) is 18.5. The van der Waals surface area contributed by atoms with E-state index in [1.54, 1.807) is 0 Å². The zero-order valence-corrected chi connectivity index (χ0v) is 18.5. The molecule has 1 aromatic rings. The number of fused-ring (bicyclic) bond motifs is 1. The summed E-state index contributed by atoms with van der Waals surface area (Å²) in [6, 6.07) is 4.14. The third kappa shape index (κ3) is 5.83. The highest BCUT2D eigenvalue weighted by Crippen LogP contribution is 2.28. The van der Waals surface area contributed by atoms with Crippen LogP contribution in [0.1, 0.15) is 50.5 Å². The van der Waals surface area contributed by atoms with Crippen LogP contribution in [0.25, 0.3) is 0 Å². The molecule has 4 rings (SSSR count). The third-order valence-corrected chi connectivity index (χ3v) is 7.08. The number of rotatable bonds is 3. The first-order valence-corrected chi connectivity index (χ1v) is 12.0. The summed E-state index contributed by atoms with van der Waals surface area (Å²) in [6.45, 7) is 5.16. The molecule has 7 heteroatoms. The summed E-state index contributed by atoms with van der Waals surface area (Å²) >= 11 is 0. The van der Waals surface area contributed by atoms with Crippen LogP contribution in [0, 0.1) is 11.8 Å². The van der Waals surface area contributed by atoms with Crippen LogP contribution in [0.3, 0.4) is 0 Å². The van der Waals surface area contributed by atoms with E-state index < -0.39 is 0 Å². The van der Waals surface area contributed by atoms with Crippen LogP contribution in [0.15, 0.2) is 24.5 Å². The lowest BCUT2D eigenvalue weighted by Crippen LogP contribution is -2.58. The molecule has 31 heavy (non-hydrogen) atoms. The van der Waals surface area contributed by atoms with Crippen molar-refractivity contribution in [2.75, 3.05) is 39.4 Å². The average molecular weight is 429 g/mol. The number of hydrogen-bond donors (Lipinski definition) is 1. The Hall–Kier alpha value is -1.99. The highest BCUT2D eigenvalue weighted by atomic mass is 16.5. The van der Waals surface area contributed by atoms with E-state index in [1.807, 2.05) is 29.4 Å². The van der Waals surface area contributed by atoms with Gasteiger partial charge in [-0.3, -0.25) is 19.5 Å². The maximum Gasteiger partial charge on any atom is 0.225 e. The zero-order chi connectivity index (χ0) is 21.5. The van der Waals surface area contributed by atoms with Crippen LogP contribution in [0.5, 0.6) is 0 Å². The molecule has 3 saturated heterocycles.